The first-order valence-electron chi connectivity index (χ1n) is 8.34. The number of nitrogens with zero attached hydrogens (tertiary/aromatic N) is 1. The minimum atomic E-state index is -3.40. The maximum Gasteiger partial charge on any atom is 0.190 e. The molecule has 0 bridgehead atoms. The van der Waals surface area contributed by atoms with Crippen LogP contribution in [-0.2, 0) is 9.84 Å². The van der Waals surface area contributed by atoms with Crippen molar-refractivity contribution in [1.29, 1.82) is 0 Å². The summed E-state index contributed by atoms with van der Waals surface area (Å²) in [6, 6.07) is 13.1. The van der Waals surface area contributed by atoms with Crippen molar-refractivity contribution in [2.45, 2.75) is 16.6 Å². The van der Waals surface area contributed by atoms with E-state index >= 15 is 0 Å². The van der Waals surface area contributed by atoms with Crippen LogP contribution in [0.15, 0.2) is 47.4 Å². The third kappa shape index (κ3) is 2.34. The second kappa shape index (κ2) is 5.71. The molecular weight excluding hydrogens is 334 g/mol. The number of hydrogen-bond donors (Lipinski definition) is 0. The largest absolute Gasteiger partial charge is 0.497 e. The maximum atomic E-state index is 13.2. The van der Waals surface area contributed by atoms with E-state index in [4.69, 9.17) is 4.74 Å². The highest BCUT2D eigenvalue weighted by Crippen LogP contribution is 2.58. The Bertz CT molecular complexity index is 990. The van der Waals surface area contributed by atoms with Crippen LogP contribution in [0.5, 0.6) is 5.75 Å². The Hall–Kier alpha value is -2.11. The van der Waals surface area contributed by atoms with E-state index in [2.05, 4.69) is 4.90 Å². The molecule has 2 aromatic rings. The predicted molar refractivity (Wildman–Crippen MR) is 99.3 cm³/mol. The molecule has 4 nitrogen and oxygen atoms in total. The SMILES string of the molecule is COc1ccc2c(c1)C(CCN(C)C)=C1c3ccccc3S(=O)(=O)C12. The van der Waals surface area contributed by atoms with Crippen LogP contribution >= 0.6 is 0 Å². The van der Waals surface area contributed by atoms with E-state index < -0.39 is 15.1 Å². The third-order valence-corrected chi connectivity index (χ3v) is 7.14. The first-order chi connectivity index (χ1) is 11.9. The van der Waals surface area contributed by atoms with Gasteiger partial charge in [-0.25, -0.2) is 8.42 Å². The van der Waals surface area contributed by atoms with E-state index in [0.29, 0.717) is 4.90 Å². The number of rotatable bonds is 4. The number of ether oxygens (including phenoxy) is 1. The van der Waals surface area contributed by atoms with Crippen molar-refractivity contribution < 1.29 is 13.2 Å². The fourth-order valence-electron chi connectivity index (χ4n) is 3.91. The lowest BCUT2D eigenvalue weighted by Crippen LogP contribution is -2.13. The van der Waals surface area contributed by atoms with Crippen LogP contribution in [0.1, 0.15) is 28.4 Å². The first-order valence-corrected chi connectivity index (χ1v) is 9.89. The summed E-state index contributed by atoms with van der Waals surface area (Å²) in [7, 11) is 2.30. The second-order valence-corrected chi connectivity index (χ2v) is 8.82. The predicted octanol–water partition coefficient (Wildman–Crippen LogP) is 3.40. The summed E-state index contributed by atoms with van der Waals surface area (Å²) >= 11 is 0. The highest BCUT2D eigenvalue weighted by Gasteiger charge is 2.48. The number of benzene rings is 2. The van der Waals surface area contributed by atoms with Crippen molar-refractivity contribution in [2.75, 3.05) is 27.7 Å². The standard InChI is InChI=1S/C20H21NO3S/c1-21(2)11-10-14-17-12-13(24-3)8-9-15(17)20-19(14)16-6-4-5-7-18(16)25(20,22)23/h4-9,12,20H,10-11H2,1-3H3. The van der Waals surface area contributed by atoms with Crippen molar-refractivity contribution in [3.05, 3.63) is 59.2 Å². The van der Waals surface area contributed by atoms with Crippen LogP contribution in [0.3, 0.4) is 0 Å². The van der Waals surface area contributed by atoms with Gasteiger partial charge in [-0.3, -0.25) is 0 Å². The zero-order valence-electron chi connectivity index (χ0n) is 14.6. The number of fused-ring (bicyclic) bond motifs is 5. The molecular formula is C20H21NO3S. The average molecular weight is 355 g/mol. The molecule has 5 heteroatoms. The molecule has 0 N–H and O–H groups in total. The Morgan fingerprint density at radius 2 is 1.84 bits per heavy atom. The Morgan fingerprint density at radius 1 is 1.08 bits per heavy atom. The molecule has 25 heavy (non-hydrogen) atoms. The Labute approximate surface area is 148 Å². The quantitative estimate of drug-likeness (QED) is 0.843. The number of hydrogen-bond acceptors (Lipinski definition) is 4. The molecule has 0 radical (unpaired) electrons. The van der Waals surface area contributed by atoms with Crippen molar-refractivity contribution in [3.63, 3.8) is 0 Å². The summed E-state index contributed by atoms with van der Waals surface area (Å²) in [5, 5.41) is -0.581. The molecule has 1 atom stereocenters. The van der Waals surface area contributed by atoms with Gasteiger partial charge in [0.1, 0.15) is 11.0 Å². The molecule has 2 aromatic carbocycles. The van der Waals surface area contributed by atoms with Gasteiger partial charge < -0.3 is 9.64 Å². The fourth-order valence-corrected chi connectivity index (χ4v) is 6.03. The molecule has 1 unspecified atom stereocenters. The average Bonchev–Trinajstić information content (AvgIpc) is 3.04. The molecule has 0 saturated carbocycles. The monoisotopic (exact) mass is 355 g/mol. The van der Waals surface area contributed by atoms with Gasteiger partial charge in [0, 0.05) is 6.54 Å². The highest BCUT2D eigenvalue weighted by molar-refractivity contribution is 7.92. The molecule has 1 heterocycles. The fraction of sp³-hybridized carbons (Fsp3) is 0.300. The third-order valence-electron chi connectivity index (χ3n) is 5.06. The van der Waals surface area contributed by atoms with E-state index in [1.165, 1.54) is 0 Å². The summed E-state index contributed by atoms with van der Waals surface area (Å²) in [5.41, 5.74) is 4.83. The Balaban J connectivity index is 1.99. The van der Waals surface area contributed by atoms with E-state index in [9.17, 15) is 8.42 Å². The second-order valence-electron chi connectivity index (χ2n) is 6.82. The van der Waals surface area contributed by atoms with Crippen LogP contribution in [0.2, 0.25) is 0 Å². The molecule has 130 valence electrons. The Morgan fingerprint density at radius 3 is 2.56 bits per heavy atom. The molecule has 0 fully saturated rings. The van der Waals surface area contributed by atoms with Crippen LogP contribution in [-0.4, -0.2) is 41.1 Å². The van der Waals surface area contributed by atoms with Gasteiger partial charge in [-0.15, -0.1) is 0 Å². The molecule has 1 aliphatic carbocycles. The normalized spacial score (nSPS) is 19.8. The van der Waals surface area contributed by atoms with Gasteiger partial charge in [-0.2, -0.15) is 0 Å². The van der Waals surface area contributed by atoms with Gasteiger partial charge >= 0.3 is 0 Å². The summed E-state index contributed by atoms with van der Waals surface area (Å²) in [5.74, 6) is 0.757. The molecule has 0 amide bonds. The van der Waals surface area contributed by atoms with Crippen molar-refractivity contribution >= 4 is 21.0 Å². The van der Waals surface area contributed by atoms with E-state index in [1.54, 1.807) is 19.2 Å². The minimum Gasteiger partial charge on any atom is -0.497 e. The van der Waals surface area contributed by atoms with Gasteiger partial charge in [-0.1, -0.05) is 24.3 Å². The Kier molecular flexibility index (Phi) is 3.74. The van der Waals surface area contributed by atoms with E-state index in [-0.39, 0.29) is 0 Å². The topological polar surface area (TPSA) is 46.6 Å². The summed E-state index contributed by atoms with van der Waals surface area (Å²) < 4.78 is 31.8. The van der Waals surface area contributed by atoms with Crippen LogP contribution in [0.25, 0.3) is 11.1 Å². The first kappa shape index (κ1) is 16.4. The lowest BCUT2D eigenvalue weighted by molar-refractivity contribution is 0.414. The summed E-state index contributed by atoms with van der Waals surface area (Å²) in [4.78, 5) is 2.58. The molecule has 1 aliphatic heterocycles. The number of sulfone groups is 1. The lowest BCUT2D eigenvalue weighted by atomic mass is 9.98. The van der Waals surface area contributed by atoms with Crippen molar-refractivity contribution in [3.8, 4) is 5.75 Å². The van der Waals surface area contributed by atoms with Crippen molar-refractivity contribution in [1.82, 2.24) is 4.90 Å². The van der Waals surface area contributed by atoms with Crippen LogP contribution in [0, 0.1) is 0 Å². The van der Waals surface area contributed by atoms with Gasteiger partial charge in [0.2, 0.25) is 0 Å². The maximum absolute atomic E-state index is 13.2. The zero-order chi connectivity index (χ0) is 17.8. The van der Waals surface area contributed by atoms with Crippen LogP contribution in [0.4, 0.5) is 0 Å². The van der Waals surface area contributed by atoms with Gasteiger partial charge in [-0.05, 0) is 66.6 Å². The molecule has 2 aliphatic rings. The van der Waals surface area contributed by atoms with E-state index in [0.717, 1.165) is 46.6 Å². The van der Waals surface area contributed by atoms with E-state index in [1.807, 2.05) is 44.4 Å². The number of methoxy groups -OCH3 is 1. The van der Waals surface area contributed by atoms with Gasteiger partial charge in [0.25, 0.3) is 0 Å². The molecule has 4 rings (SSSR count). The van der Waals surface area contributed by atoms with Crippen LogP contribution < -0.4 is 4.74 Å². The van der Waals surface area contributed by atoms with Gasteiger partial charge in [0.15, 0.2) is 9.84 Å². The molecule has 0 aromatic heterocycles. The minimum absolute atomic E-state index is 0.457. The highest BCUT2D eigenvalue weighted by atomic mass is 32.2. The molecule has 0 saturated heterocycles. The smallest absolute Gasteiger partial charge is 0.190 e. The van der Waals surface area contributed by atoms with Gasteiger partial charge in [0.05, 0.1) is 12.0 Å². The zero-order valence-corrected chi connectivity index (χ0v) is 15.4. The van der Waals surface area contributed by atoms with Crippen molar-refractivity contribution in [2.24, 2.45) is 0 Å². The summed E-state index contributed by atoms with van der Waals surface area (Å²) in [6.45, 7) is 0.865. The molecule has 0 spiro atoms. The lowest BCUT2D eigenvalue weighted by Gasteiger charge is -2.14. The summed E-state index contributed by atoms with van der Waals surface area (Å²) in [6.07, 6.45) is 0.808.